The predicted octanol–water partition coefficient (Wildman–Crippen LogP) is 1.87. The molecule has 0 aliphatic carbocycles. The van der Waals surface area contributed by atoms with Gasteiger partial charge in [-0.1, -0.05) is 13.3 Å². The van der Waals surface area contributed by atoms with Crippen molar-refractivity contribution in [3.05, 3.63) is 29.6 Å². The zero-order chi connectivity index (χ0) is 12.3. The van der Waals surface area contributed by atoms with Crippen molar-refractivity contribution in [3.63, 3.8) is 0 Å². The van der Waals surface area contributed by atoms with Gasteiger partial charge in [-0.25, -0.2) is 0 Å². The first-order chi connectivity index (χ1) is 8.36. The van der Waals surface area contributed by atoms with Crippen molar-refractivity contribution in [1.82, 2.24) is 4.98 Å². The monoisotopic (exact) mass is 238 g/mol. The minimum atomic E-state index is 0.466. The van der Waals surface area contributed by atoms with Crippen LogP contribution in [0.15, 0.2) is 18.3 Å². The summed E-state index contributed by atoms with van der Waals surface area (Å²) in [4.78, 5) is 4.13. The van der Waals surface area contributed by atoms with Crippen LogP contribution in [0.2, 0.25) is 0 Å². The molecule has 1 aromatic rings. The molecule has 0 aliphatic heterocycles. The molecule has 4 heteroatoms. The predicted molar refractivity (Wildman–Crippen MR) is 67.5 cm³/mol. The maximum atomic E-state index is 5.52. The van der Waals surface area contributed by atoms with Gasteiger partial charge in [-0.3, -0.25) is 4.98 Å². The Morgan fingerprint density at radius 1 is 1.24 bits per heavy atom. The van der Waals surface area contributed by atoms with Crippen molar-refractivity contribution >= 4 is 0 Å². The second-order valence-electron chi connectivity index (χ2n) is 3.88. The van der Waals surface area contributed by atoms with E-state index in [-0.39, 0.29) is 0 Å². The van der Waals surface area contributed by atoms with Crippen LogP contribution in [0.3, 0.4) is 0 Å². The van der Waals surface area contributed by atoms with Crippen molar-refractivity contribution in [3.8, 4) is 0 Å². The Hall–Kier alpha value is -0.970. The number of rotatable bonds is 9. The Morgan fingerprint density at radius 2 is 2.06 bits per heavy atom. The molecule has 1 aromatic heterocycles. The van der Waals surface area contributed by atoms with E-state index in [9.17, 15) is 0 Å². The molecule has 0 amide bonds. The van der Waals surface area contributed by atoms with E-state index in [1.807, 2.05) is 12.1 Å². The molecule has 0 spiro atoms. The molecule has 1 rings (SSSR count). The molecule has 4 nitrogen and oxygen atoms in total. The number of unbranched alkanes of at least 4 members (excludes halogenated alkanes) is 1. The molecule has 0 fully saturated rings. The van der Waals surface area contributed by atoms with Crippen LogP contribution in [0, 0.1) is 0 Å². The molecule has 17 heavy (non-hydrogen) atoms. The molecule has 0 aromatic carbocycles. The summed E-state index contributed by atoms with van der Waals surface area (Å²) in [5.41, 5.74) is 7.52. The SMILES string of the molecule is CCCCOCCOCc1ccnc(CN)c1. The number of pyridine rings is 1. The average molecular weight is 238 g/mol. The van der Waals surface area contributed by atoms with E-state index in [4.69, 9.17) is 15.2 Å². The summed E-state index contributed by atoms with van der Waals surface area (Å²) in [6.07, 6.45) is 4.04. The highest BCUT2D eigenvalue weighted by Crippen LogP contribution is 2.03. The van der Waals surface area contributed by atoms with E-state index < -0.39 is 0 Å². The first-order valence-electron chi connectivity index (χ1n) is 6.16. The second kappa shape index (κ2) is 9.10. The Kier molecular flexibility index (Phi) is 7.54. The van der Waals surface area contributed by atoms with Crippen LogP contribution in [0.5, 0.6) is 0 Å². The average Bonchev–Trinajstić information content (AvgIpc) is 2.38. The molecule has 96 valence electrons. The van der Waals surface area contributed by atoms with E-state index in [0.29, 0.717) is 26.4 Å². The lowest BCUT2D eigenvalue weighted by atomic mass is 10.2. The standard InChI is InChI=1S/C13H22N2O2/c1-2-3-6-16-7-8-17-11-12-4-5-15-13(9-12)10-14/h4-5,9H,2-3,6-8,10-11,14H2,1H3. The highest BCUT2D eigenvalue weighted by atomic mass is 16.5. The number of ether oxygens (including phenoxy) is 2. The maximum Gasteiger partial charge on any atom is 0.0719 e. The first-order valence-corrected chi connectivity index (χ1v) is 6.16. The van der Waals surface area contributed by atoms with Crippen LogP contribution in [-0.4, -0.2) is 24.8 Å². The molecular formula is C13H22N2O2. The van der Waals surface area contributed by atoms with Gasteiger partial charge in [0.25, 0.3) is 0 Å². The van der Waals surface area contributed by atoms with Gasteiger partial charge >= 0.3 is 0 Å². The molecule has 0 atom stereocenters. The van der Waals surface area contributed by atoms with Crippen molar-refractivity contribution in [2.45, 2.75) is 32.9 Å². The summed E-state index contributed by atoms with van der Waals surface area (Å²) >= 11 is 0. The summed E-state index contributed by atoms with van der Waals surface area (Å²) < 4.78 is 10.9. The summed E-state index contributed by atoms with van der Waals surface area (Å²) in [5, 5.41) is 0. The lowest BCUT2D eigenvalue weighted by molar-refractivity contribution is 0.0396. The third-order valence-electron chi connectivity index (χ3n) is 2.37. The molecule has 0 unspecified atom stereocenters. The fourth-order valence-corrected chi connectivity index (χ4v) is 1.39. The fourth-order valence-electron chi connectivity index (χ4n) is 1.39. The maximum absolute atomic E-state index is 5.52. The third-order valence-corrected chi connectivity index (χ3v) is 2.37. The van der Waals surface area contributed by atoms with Crippen molar-refractivity contribution in [1.29, 1.82) is 0 Å². The largest absolute Gasteiger partial charge is 0.379 e. The number of nitrogens with zero attached hydrogens (tertiary/aromatic N) is 1. The van der Waals surface area contributed by atoms with Gasteiger partial charge in [-0.05, 0) is 24.1 Å². The van der Waals surface area contributed by atoms with Gasteiger partial charge in [0.05, 0.1) is 25.5 Å². The van der Waals surface area contributed by atoms with Gasteiger partial charge in [0, 0.05) is 19.3 Å². The molecule has 0 bridgehead atoms. The van der Waals surface area contributed by atoms with Gasteiger partial charge in [0.2, 0.25) is 0 Å². The summed E-state index contributed by atoms with van der Waals surface area (Å²) in [6, 6.07) is 3.91. The summed E-state index contributed by atoms with van der Waals surface area (Å²) in [5.74, 6) is 0. The van der Waals surface area contributed by atoms with E-state index in [1.165, 1.54) is 6.42 Å². The van der Waals surface area contributed by atoms with Gasteiger partial charge in [-0.2, -0.15) is 0 Å². The summed E-state index contributed by atoms with van der Waals surface area (Å²) in [7, 11) is 0. The molecule has 0 radical (unpaired) electrons. The van der Waals surface area contributed by atoms with Crippen LogP contribution in [0.4, 0.5) is 0 Å². The number of aromatic nitrogens is 1. The molecule has 0 saturated heterocycles. The van der Waals surface area contributed by atoms with Gasteiger partial charge in [-0.15, -0.1) is 0 Å². The normalized spacial score (nSPS) is 10.7. The van der Waals surface area contributed by atoms with Crippen molar-refractivity contribution in [2.24, 2.45) is 5.73 Å². The summed E-state index contributed by atoms with van der Waals surface area (Å²) in [6.45, 7) is 5.32. The second-order valence-corrected chi connectivity index (χ2v) is 3.88. The zero-order valence-electron chi connectivity index (χ0n) is 10.5. The van der Waals surface area contributed by atoms with Crippen LogP contribution < -0.4 is 5.73 Å². The Bertz CT molecular complexity index is 305. The quantitative estimate of drug-likeness (QED) is 0.667. The highest BCUT2D eigenvalue weighted by molar-refractivity contribution is 5.15. The van der Waals surface area contributed by atoms with Gasteiger partial charge < -0.3 is 15.2 Å². The Balaban J connectivity index is 2.09. The molecule has 1 heterocycles. The minimum Gasteiger partial charge on any atom is -0.379 e. The van der Waals surface area contributed by atoms with Crippen molar-refractivity contribution < 1.29 is 9.47 Å². The van der Waals surface area contributed by atoms with Gasteiger partial charge in [0.15, 0.2) is 0 Å². The Morgan fingerprint density at radius 3 is 2.82 bits per heavy atom. The van der Waals surface area contributed by atoms with E-state index in [1.54, 1.807) is 6.20 Å². The van der Waals surface area contributed by atoms with Crippen LogP contribution in [-0.2, 0) is 22.6 Å². The third kappa shape index (κ3) is 6.36. The number of hydrogen-bond donors (Lipinski definition) is 1. The molecule has 0 aliphatic rings. The van der Waals surface area contributed by atoms with Crippen LogP contribution in [0.25, 0.3) is 0 Å². The van der Waals surface area contributed by atoms with E-state index in [2.05, 4.69) is 11.9 Å². The zero-order valence-corrected chi connectivity index (χ0v) is 10.5. The lowest BCUT2D eigenvalue weighted by Gasteiger charge is -2.06. The smallest absolute Gasteiger partial charge is 0.0719 e. The highest BCUT2D eigenvalue weighted by Gasteiger charge is 1.96. The van der Waals surface area contributed by atoms with E-state index >= 15 is 0 Å². The van der Waals surface area contributed by atoms with Crippen LogP contribution in [0.1, 0.15) is 31.0 Å². The van der Waals surface area contributed by atoms with Crippen LogP contribution >= 0.6 is 0 Å². The minimum absolute atomic E-state index is 0.466. The number of nitrogens with two attached hydrogens (primary N) is 1. The lowest BCUT2D eigenvalue weighted by Crippen LogP contribution is -2.06. The Labute approximate surface area is 103 Å². The van der Waals surface area contributed by atoms with E-state index in [0.717, 1.165) is 24.3 Å². The topological polar surface area (TPSA) is 57.4 Å². The molecular weight excluding hydrogens is 216 g/mol. The molecule has 2 N–H and O–H groups in total. The first kappa shape index (κ1) is 14.1. The van der Waals surface area contributed by atoms with Crippen molar-refractivity contribution in [2.75, 3.05) is 19.8 Å². The fraction of sp³-hybridized carbons (Fsp3) is 0.615. The van der Waals surface area contributed by atoms with Gasteiger partial charge in [0.1, 0.15) is 0 Å². The number of hydrogen-bond acceptors (Lipinski definition) is 4. The molecule has 0 saturated carbocycles.